The van der Waals surface area contributed by atoms with Gasteiger partial charge in [0.1, 0.15) is 5.75 Å². The van der Waals surface area contributed by atoms with Crippen LogP contribution in [0.5, 0.6) is 5.75 Å². The molecule has 0 spiro atoms. The number of benzene rings is 1. The quantitative estimate of drug-likeness (QED) is 0.617. The van der Waals surface area contributed by atoms with Crippen molar-refractivity contribution in [2.45, 2.75) is 20.0 Å². The molecule has 0 N–H and O–H groups in total. The predicted octanol–water partition coefficient (Wildman–Crippen LogP) is 3.27. The summed E-state index contributed by atoms with van der Waals surface area (Å²) in [4.78, 5) is 11.6. The zero-order valence-electron chi connectivity index (χ0n) is 10.2. The van der Waals surface area contributed by atoms with Crippen molar-refractivity contribution < 1.29 is 31.8 Å². The lowest BCUT2D eigenvalue weighted by molar-refractivity contribution is -0.0499. The van der Waals surface area contributed by atoms with Crippen LogP contribution in [0.2, 0.25) is 0 Å². The van der Waals surface area contributed by atoms with Crippen molar-refractivity contribution in [3.8, 4) is 11.8 Å². The molecule has 0 heterocycles. The van der Waals surface area contributed by atoms with E-state index in [1.807, 2.05) is 0 Å². The van der Waals surface area contributed by atoms with E-state index in [4.69, 9.17) is 5.26 Å². The second kappa shape index (κ2) is 6.75. The monoisotopic (exact) mass is 291 g/mol. The predicted molar refractivity (Wildman–Crippen MR) is 58.7 cm³/mol. The first-order valence-electron chi connectivity index (χ1n) is 5.38. The lowest BCUT2D eigenvalue weighted by Crippen LogP contribution is -2.12. The van der Waals surface area contributed by atoms with Gasteiger partial charge in [-0.05, 0) is 19.1 Å². The number of esters is 1. The maximum absolute atomic E-state index is 12.9. The molecule has 0 aromatic heterocycles. The normalized spacial score (nSPS) is 10.5. The van der Waals surface area contributed by atoms with Gasteiger partial charge in [-0.3, -0.25) is 0 Å². The Bertz CT molecular complexity index is 540. The van der Waals surface area contributed by atoms with Gasteiger partial charge >= 0.3 is 12.6 Å². The van der Waals surface area contributed by atoms with Crippen molar-refractivity contribution in [1.29, 1.82) is 5.26 Å². The summed E-state index contributed by atoms with van der Waals surface area (Å²) in [5.41, 5.74) is -2.16. The summed E-state index contributed by atoms with van der Waals surface area (Å²) in [6.45, 7) is -1.86. The maximum atomic E-state index is 12.9. The number of hydrogen-bond acceptors (Lipinski definition) is 4. The van der Waals surface area contributed by atoms with Gasteiger partial charge in [0.15, 0.2) is 0 Å². The van der Waals surface area contributed by atoms with E-state index >= 15 is 0 Å². The van der Waals surface area contributed by atoms with Gasteiger partial charge in [0.2, 0.25) is 0 Å². The van der Waals surface area contributed by atoms with Crippen molar-refractivity contribution in [2.24, 2.45) is 0 Å². The van der Waals surface area contributed by atoms with Crippen molar-refractivity contribution in [3.63, 3.8) is 0 Å². The summed E-state index contributed by atoms with van der Waals surface area (Å²) < 4.78 is 58.7. The molecule has 8 heteroatoms. The minimum atomic E-state index is -3.21. The fraction of sp³-hybridized carbons (Fsp3) is 0.333. The second-order valence-electron chi connectivity index (χ2n) is 3.44. The molecule has 0 aliphatic rings. The van der Waals surface area contributed by atoms with E-state index < -0.39 is 41.4 Å². The van der Waals surface area contributed by atoms with E-state index in [2.05, 4.69) is 9.47 Å². The van der Waals surface area contributed by atoms with Crippen LogP contribution in [-0.2, 0) is 4.74 Å². The molecule has 0 radical (unpaired) electrons. The molecule has 0 amide bonds. The van der Waals surface area contributed by atoms with E-state index in [-0.39, 0.29) is 6.61 Å². The first-order valence-corrected chi connectivity index (χ1v) is 5.38. The Balaban J connectivity index is 3.42. The molecule has 0 saturated carbocycles. The molecule has 20 heavy (non-hydrogen) atoms. The number of rotatable bonds is 5. The van der Waals surface area contributed by atoms with Crippen LogP contribution in [0.3, 0.4) is 0 Å². The summed E-state index contributed by atoms with van der Waals surface area (Å²) in [5, 5.41) is 8.78. The third-order valence-electron chi connectivity index (χ3n) is 2.21. The summed E-state index contributed by atoms with van der Waals surface area (Å²) >= 11 is 0. The Morgan fingerprint density at radius 3 is 2.45 bits per heavy atom. The Morgan fingerprint density at radius 2 is 2.00 bits per heavy atom. The molecule has 0 fully saturated rings. The van der Waals surface area contributed by atoms with Gasteiger partial charge in [0.25, 0.3) is 6.43 Å². The van der Waals surface area contributed by atoms with Crippen LogP contribution in [0.25, 0.3) is 0 Å². The molecule has 108 valence electrons. The first-order chi connectivity index (χ1) is 9.40. The molecule has 1 aromatic rings. The summed E-state index contributed by atoms with van der Waals surface area (Å²) in [7, 11) is 0. The zero-order chi connectivity index (χ0) is 15.3. The lowest BCUT2D eigenvalue weighted by Gasteiger charge is -2.13. The molecule has 1 rings (SSSR count). The highest BCUT2D eigenvalue weighted by molar-refractivity contribution is 5.92. The molecular formula is C12H9F4NO3. The number of alkyl halides is 4. The van der Waals surface area contributed by atoms with E-state index in [1.165, 1.54) is 13.0 Å². The van der Waals surface area contributed by atoms with E-state index in [9.17, 15) is 22.4 Å². The van der Waals surface area contributed by atoms with Gasteiger partial charge in [-0.15, -0.1) is 0 Å². The summed E-state index contributed by atoms with van der Waals surface area (Å²) in [5.74, 6) is -1.71. The van der Waals surface area contributed by atoms with Crippen LogP contribution in [0.4, 0.5) is 17.6 Å². The molecule has 0 aliphatic heterocycles. The maximum Gasteiger partial charge on any atom is 0.387 e. The summed E-state index contributed by atoms with van der Waals surface area (Å²) in [6, 6.07) is 2.83. The number of ether oxygens (including phenoxy) is 2. The average molecular weight is 291 g/mol. The van der Waals surface area contributed by atoms with E-state index in [0.29, 0.717) is 6.07 Å². The third-order valence-corrected chi connectivity index (χ3v) is 2.21. The highest BCUT2D eigenvalue weighted by atomic mass is 19.3. The number of hydrogen-bond donors (Lipinski definition) is 0. The highest BCUT2D eigenvalue weighted by Crippen LogP contribution is 2.31. The highest BCUT2D eigenvalue weighted by Gasteiger charge is 2.25. The van der Waals surface area contributed by atoms with Crippen molar-refractivity contribution >= 4 is 5.97 Å². The molecular weight excluding hydrogens is 282 g/mol. The van der Waals surface area contributed by atoms with Gasteiger partial charge < -0.3 is 9.47 Å². The Kier molecular flexibility index (Phi) is 5.32. The fourth-order valence-electron chi connectivity index (χ4n) is 1.50. The van der Waals surface area contributed by atoms with Crippen LogP contribution >= 0.6 is 0 Å². The molecule has 0 aliphatic carbocycles. The Hall–Kier alpha value is -2.30. The van der Waals surface area contributed by atoms with Crippen molar-refractivity contribution in [2.75, 3.05) is 6.61 Å². The molecule has 0 bridgehead atoms. The average Bonchev–Trinajstić information content (AvgIpc) is 2.36. The first kappa shape index (κ1) is 15.8. The minimum Gasteiger partial charge on any atom is -0.462 e. The minimum absolute atomic E-state index is 0.0939. The van der Waals surface area contributed by atoms with Crippen LogP contribution in [0.1, 0.15) is 34.8 Å². The Labute approximate surface area is 111 Å². The number of nitriles is 1. The number of nitrogens with zero attached hydrogens (tertiary/aromatic N) is 1. The van der Waals surface area contributed by atoms with Crippen LogP contribution in [-0.4, -0.2) is 19.2 Å². The number of carbonyl (C=O) groups excluding carboxylic acids is 1. The summed E-state index contributed by atoms with van der Waals surface area (Å²) in [6.07, 6.45) is -3.13. The van der Waals surface area contributed by atoms with Crippen LogP contribution < -0.4 is 4.74 Å². The Morgan fingerprint density at radius 1 is 1.35 bits per heavy atom. The molecule has 0 saturated heterocycles. The lowest BCUT2D eigenvalue weighted by atomic mass is 10.0. The third kappa shape index (κ3) is 3.60. The van der Waals surface area contributed by atoms with Crippen LogP contribution in [0, 0.1) is 11.3 Å². The molecule has 1 aromatic carbocycles. The molecule has 4 nitrogen and oxygen atoms in total. The van der Waals surface area contributed by atoms with E-state index in [0.717, 1.165) is 6.07 Å². The van der Waals surface area contributed by atoms with E-state index in [1.54, 1.807) is 0 Å². The number of halogens is 4. The standard InChI is InChI=1S/C12H9F4NO3/c1-2-19-11(18)8-4-7(20-12(15)16)3-6(5-17)9(8)10(13)14/h3-4,10,12H,2H2,1H3. The van der Waals surface area contributed by atoms with Crippen LogP contribution in [0.15, 0.2) is 12.1 Å². The molecule has 0 unspecified atom stereocenters. The van der Waals surface area contributed by atoms with Gasteiger partial charge in [0.05, 0.1) is 29.4 Å². The van der Waals surface area contributed by atoms with Crippen molar-refractivity contribution in [3.05, 3.63) is 28.8 Å². The fourth-order valence-corrected chi connectivity index (χ4v) is 1.50. The SMILES string of the molecule is CCOC(=O)c1cc(OC(F)F)cc(C#N)c1C(F)F. The van der Waals surface area contributed by atoms with Gasteiger partial charge in [0, 0.05) is 0 Å². The van der Waals surface area contributed by atoms with Gasteiger partial charge in [-0.2, -0.15) is 14.0 Å². The smallest absolute Gasteiger partial charge is 0.387 e. The van der Waals surface area contributed by atoms with Crippen molar-refractivity contribution in [1.82, 2.24) is 0 Å². The molecule has 0 atom stereocenters. The van der Waals surface area contributed by atoms with Gasteiger partial charge in [-0.1, -0.05) is 0 Å². The zero-order valence-corrected chi connectivity index (χ0v) is 10.2. The largest absolute Gasteiger partial charge is 0.462 e. The number of carbonyl (C=O) groups is 1. The topological polar surface area (TPSA) is 59.3 Å². The second-order valence-corrected chi connectivity index (χ2v) is 3.44. The van der Waals surface area contributed by atoms with Gasteiger partial charge in [-0.25, -0.2) is 13.6 Å².